The molecule has 2 aromatic carbocycles. The van der Waals surface area contributed by atoms with Gasteiger partial charge in [0.2, 0.25) is 6.10 Å². The molecule has 2 N–H and O–H groups in total. The zero-order valence-corrected chi connectivity index (χ0v) is 13.3. The summed E-state index contributed by atoms with van der Waals surface area (Å²) in [6.07, 6.45) is -0.412. The molecule has 7 heteroatoms. The number of amides is 1. The molecule has 1 unspecified atom stereocenters. The lowest BCUT2D eigenvalue weighted by atomic mass is 10.0. The van der Waals surface area contributed by atoms with Crippen molar-refractivity contribution in [3.63, 3.8) is 0 Å². The van der Waals surface area contributed by atoms with Crippen molar-refractivity contribution in [2.24, 2.45) is 5.16 Å². The Kier molecular flexibility index (Phi) is 4.41. The van der Waals surface area contributed by atoms with E-state index < -0.39 is 6.10 Å². The first-order valence-corrected chi connectivity index (χ1v) is 7.56. The largest absolute Gasteiger partial charge is 0.508 e. The first-order valence-electron chi connectivity index (χ1n) is 6.81. The molecule has 5 nitrogen and oxygen atoms in total. The van der Waals surface area contributed by atoms with E-state index in [1.807, 2.05) is 0 Å². The van der Waals surface area contributed by atoms with Crippen molar-refractivity contribution in [1.82, 2.24) is 0 Å². The highest BCUT2D eigenvalue weighted by atomic mass is 35.5. The van der Waals surface area contributed by atoms with Gasteiger partial charge in [0, 0.05) is 23.7 Å². The van der Waals surface area contributed by atoms with E-state index in [0.29, 0.717) is 27.9 Å². The van der Waals surface area contributed by atoms with Gasteiger partial charge in [-0.3, -0.25) is 4.79 Å². The molecule has 2 aromatic rings. The summed E-state index contributed by atoms with van der Waals surface area (Å²) >= 11 is 11.9. The van der Waals surface area contributed by atoms with Crippen LogP contribution in [0, 0.1) is 0 Å². The second-order valence-electron chi connectivity index (χ2n) is 5.00. The molecule has 0 spiro atoms. The quantitative estimate of drug-likeness (QED) is 0.883. The number of benzene rings is 2. The molecule has 0 radical (unpaired) electrons. The van der Waals surface area contributed by atoms with Gasteiger partial charge in [-0.1, -0.05) is 40.5 Å². The molecule has 1 amide bonds. The van der Waals surface area contributed by atoms with Gasteiger partial charge in [-0.25, -0.2) is 0 Å². The van der Waals surface area contributed by atoms with Crippen molar-refractivity contribution in [2.75, 3.05) is 5.32 Å². The molecule has 1 heterocycles. The fraction of sp³-hybridized carbons (Fsp3) is 0.125. The van der Waals surface area contributed by atoms with Gasteiger partial charge in [0.15, 0.2) is 0 Å². The van der Waals surface area contributed by atoms with Gasteiger partial charge >= 0.3 is 0 Å². The number of hydrogen-bond acceptors (Lipinski definition) is 4. The van der Waals surface area contributed by atoms with Crippen LogP contribution in [-0.2, 0) is 9.63 Å². The normalized spacial score (nSPS) is 16.6. The monoisotopic (exact) mass is 350 g/mol. The van der Waals surface area contributed by atoms with Crippen LogP contribution in [0.2, 0.25) is 10.0 Å². The van der Waals surface area contributed by atoms with Crippen LogP contribution in [0.4, 0.5) is 5.69 Å². The fourth-order valence-electron chi connectivity index (χ4n) is 2.17. The molecular formula is C16H12Cl2N2O3. The van der Waals surface area contributed by atoms with Gasteiger partial charge in [0.25, 0.3) is 5.91 Å². The third kappa shape index (κ3) is 3.57. The predicted octanol–water partition coefficient (Wildman–Crippen LogP) is 3.83. The zero-order chi connectivity index (χ0) is 16.4. The van der Waals surface area contributed by atoms with Crippen molar-refractivity contribution >= 4 is 40.5 Å². The van der Waals surface area contributed by atoms with Crippen LogP contribution in [0.5, 0.6) is 5.75 Å². The van der Waals surface area contributed by atoms with E-state index in [2.05, 4.69) is 10.5 Å². The van der Waals surface area contributed by atoms with Gasteiger partial charge in [-0.15, -0.1) is 0 Å². The number of hydrogen-bond donors (Lipinski definition) is 2. The molecule has 0 fully saturated rings. The van der Waals surface area contributed by atoms with Gasteiger partial charge in [-0.05, 0) is 24.3 Å². The van der Waals surface area contributed by atoms with E-state index in [1.54, 1.807) is 30.3 Å². The number of nitrogens with one attached hydrogen (secondary N) is 1. The Hall–Kier alpha value is -2.24. The van der Waals surface area contributed by atoms with E-state index in [9.17, 15) is 9.90 Å². The smallest absolute Gasteiger partial charge is 0.268 e. The third-order valence-electron chi connectivity index (χ3n) is 3.33. The number of halogens is 2. The van der Waals surface area contributed by atoms with Crippen LogP contribution >= 0.6 is 23.2 Å². The molecule has 0 bridgehead atoms. The molecule has 0 saturated heterocycles. The van der Waals surface area contributed by atoms with E-state index in [-0.39, 0.29) is 11.7 Å². The first kappa shape index (κ1) is 15.6. The van der Waals surface area contributed by atoms with Crippen molar-refractivity contribution < 1.29 is 14.7 Å². The van der Waals surface area contributed by atoms with Gasteiger partial charge in [0.1, 0.15) is 5.75 Å². The number of oxime groups is 1. The Morgan fingerprint density at radius 3 is 2.78 bits per heavy atom. The Bertz CT molecular complexity index is 793. The summed E-state index contributed by atoms with van der Waals surface area (Å²) in [6, 6.07) is 11.4. The third-order valence-corrected chi connectivity index (χ3v) is 4.07. The Morgan fingerprint density at radius 1 is 1.22 bits per heavy atom. The minimum absolute atomic E-state index is 0.0721. The average Bonchev–Trinajstić information content (AvgIpc) is 3.00. The standard InChI is InChI=1S/C16H12Cl2N2O3/c17-12-5-4-9(6-13(12)18)14-8-15(23-20-14)16(22)19-10-2-1-3-11(21)7-10/h1-7,15,21H,8H2,(H,19,22). The fourth-order valence-corrected chi connectivity index (χ4v) is 2.47. The number of carbonyl (C=O) groups is 1. The van der Waals surface area contributed by atoms with Crippen molar-refractivity contribution in [3.8, 4) is 5.75 Å². The lowest BCUT2D eigenvalue weighted by molar-refractivity contribution is -0.125. The van der Waals surface area contributed by atoms with Crippen LogP contribution in [0.1, 0.15) is 12.0 Å². The molecule has 1 aliphatic rings. The van der Waals surface area contributed by atoms with Gasteiger partial charge < -0.3 is 15.3 Å². The van der Waals surface area contributed by atoms with E-state index in [1.165, 1.54) is 12.1 Å². The molecule has 118 valence electrons. The van der Waals surface area contributed by atoms with Gasteiger partial charge in [0.05, 0.1) is 15.8 Å². The van der Waals surface area contributed by atoms with Crippen molar-refractivity contribution in [2.45, 2.75) is 12.5 Å². The lowest BCUT2D eigenvalue weighted by Gasteiger charge is -2.09. The summed E-state index contributed by atoms with van der Waals surface area (Å²) in [7, 11) is 0. The number of phenols is 1. The summed E-state index contributed by atoms with van der Waals surface area (Å²) in [5.41, 5.74) is 1.87. The summed E-state index contributed by atoms with van der Waals surface area (Å²) in [5, 5.41) is 16.9. The number of nitrogens with zero attached hydrogens (tertiary/aromatic N) is 1. The molecule has 0 saturated carbocycles. The Labute approximate surface area is 142 Å². The minimum atomic E-state index is -0.734. The second-order valence-corrected chi connectivity index (χ2v) is 5.82. The van der Waals surface area contributed by atoms with Crippen LogP contribution in [-0.4, -0.2) is 22.8 Å². The van der Waals surface area contributed by atoms with Crippen LogP contribution in [0.3, 0.4) is 0 Å². The zero-order valence-electron chi connectivity index (χ0n) is 11.8. The number of anilines is 1. The highest BCUT2D eigenvalue weighted by Gasteiger charge is 2.29. The molecule has 1 aliphatic heterocycles. The van der Waals surface area contributed by atoms with Crippen LogP contribution in [0.25, 0.3) is 0 Å². The topological polar surface area (TPSA) is 70.9 Å². The number of carbonyl (C=O) groups excluding carboxylic acids is 1. The van der Waals surface area contributed by atoms with Crippen molar-refractivity contribution in [3.05, 3.63) is 58.1 Å². The minimum Gasteiger partial charge on any atom is -0.508 e. The molecule has 3 rings (SSSR count). The maximum Gasteiger partial charge on any atom is 0.268 e. The molecule has 0 aliphatic carbocycles. The van der Waals surface area contributed by atoms with E-state index in [4.69, 9.17) is 28.0 Å². The lowest BCUT2D eigenvalue weighted by Crippen LogP contribution is -2.28. The van der Waals surface area contributed by atoms with E-state index >= 15 is 0 Å². The average molecular weight is 351 g/mol. The number of rotatable bonds is 3. The summed E-state index contributed by atoms with van der Waals surface area (Å²) in [6.45, 7) is 0. The predicted molar refractivity (Wildman–Crippen MR) is 89.2 cm³/mol. The van der Waals surface area contributed by atoms with E-state index in [0.717, 1.165) is 5.56 Å². The first-order chi connectivity index (χ1) is 11.0. The van der Waals surface area contributed by atoms with Crippen molar-refractivity contribution in [1.29, 1.82) is 0 Å². The summed E-state index contributed by atoms with van der Waals surface area (Å²) in [5.74, 6) is -0.266. The maximum atomic E-state index is 12.2. The van der Waals surface area contributed by atoms with Crippen LogP contribution in [0.15, 0.2) is 47.6 Å². The second kappa shape index (κ2) is 6.48. The van der Waals surface area contributed by atoms with Gasteiger partial charge in [-0.2, -0.15) is 0 Å². The number of aromatic hydroxyl groups is 1. The highest BCUT2D eigenvalue weighted by Crippen LogP contribution is 2.26. The molecule has 1 atom stereocenters. The molecule has 23 heavy (non-hydrogen) atoms. The summed E-state index contributed by atoms with van der Waals surface area (Å²) < 4.78 is 0. The SMILES string of the molecule is O=C(Nc1cccc(O)c1)C1CC(c2ccc(Cl)c(Cl)c2)=NO1. The highest BCUT2D eigenvalue weighted by molar-refractivity contribution is 6.42. The molecular weight excluding hydrogens is 339 g/mol. The molecule has 0 aromatic heterocycles. The van der Waals surface area contributed by atoms with Crippen LogP contribution < -0.4 is 5.32 Å². The number of phenolic OH excluding ortho intramolecular Hbond substituents is 1. The Morgan fingerprint density at radius 2 is 2.04 bits per heavy atom. The maximum absolute atomic E-state index is 12.2. The summed E-state index contributed by atoms with van der Waals surface area (Å²) in [4.78, 5) is 17.4. The Balaban J connectivity index is 1.66.